The van der Waals surface area contributed by atoms with E-state index in [2.05, 4.69) is 95.6 Å². The van der Waals surface area contributed by atoms with Gasteiger partial charge < -0.3 is 0 Å². The van der Waals surface area contributed by atoms with Crippen molar-refractivity contribution < 1.29 is 0 Å². The van der Waals surface area contributed by atoms with Gasteiger partial charge in [-0.15, -0.1) is 13.2 Å². The molecule has 0 bridgehead atoms. The van der Waals surface area contributed by atoms with Crippen molar-refractivity contribution in [1.82, 2.24) is 0 Å². The van der Waals surface area contributed by atoms with Crippen LogP contribution in [0.15, 0.2) is 60.8 Å². The molecule has 0 amide bonds. The van der Waals surface area contributed by atoms with Crippen LogP contribution in [0.1, 0.15) is 185 Å². The molecule has 0 saturated heterocycles. The molecule has 0 aromatic carbocycles. The van der Waals surface area contributed by atoms with E-state index in [-0.39, 0.29) is 0 Å². The molecule has 0 rings (SSSR count). The summed E-state index contributed by atoms with van der Waals surface area (Å²) in [5, 5.41) is 0. The minimum atomic E-state index is 0.463. The first kappa shape index (κ1) is 44.7. The molecule has 0 radical (unpaired) electrons. The second-order valence-corrected chi connectivity index (χ2v) is 17.0. The molecule has 0 N–H and O–H groups in total. The van der Waals surface area contributed by atoms with Crippen LogP contribution in [0.25, 0.3) is 0 Å². The molecule has 4 unspecified atom stereocenters. The summed E-state index contributed by atoms with van der Waals surface area (Å²) in [5.74, 6) is 5.81. The second-order valence-electron chi connectivity index (χ2n) is 17.0. The Kier molecular flexibility index (Phi) is 25.0. The van der Waals surface area contributed by atoms with Crippen LogP contribution in [0.3, 0.4) is 0 Å². The Hall–Kier alpha value is -1.30. The van der Waals surface area contributed by atoms with Gasteiger partial charge in [0.15, 0.2) is 0 Å². The van der Waals surface area contributed by atoms with Gasteiger partial charge in [-0.05, 0) is 132 Å². The zero-order chi connectivity index (χ0) is 35.2. The van der Waals surface area contributed by atoms with Gasteiger partial charge in [-0.2, -0.15) is 0 Å². The lowest BCUT2D eigenvalue weighted by atomic mass is 9.69. The molecule has 0 heteroatoms. The highest BCUT2D eigenvalue weighted by Crippen LogP contribution is 2.41. The number of allylic oxidation sites excluding steroid dienone is 5. The third kappa shape index (κ3) is 22.3. The molecule has 268 valence electrons. The summed E-state index contributed by atoms with van der Waals surface area (Å²) >= 11 is 0. The van der Waals surface area contributed by atoms with Crippen molar-refractivity contribution in [2.75, 3.05) is 0 Å². The lowest BCUT2D eigenvalue weighted by Crippen LogP contribution is -2.26. The van der Waals surface area contributed by atoms with Gasteiger partial charge in [0.2, 0.25) is 0 Å². The SMILES string of the molecule is C=C(C)CCCC(=C)CC(CC(C)C[C@H](C)CCCC[C@@H](C)CC(C)CC)[C@H](CC(=C)C[C@@H](CC(=C)C)C(=C)C)C(C)CCCC. The zero-order valence-corrected chi connectivity index (χ0v) is 33.4. The van der Waals surface area contributed by atoms with Crippen LogP contribution < -0.4 is 0 Å². The van der Waals surface area contributed by atoms with E-state index in [1.54, 1.807) is 0 Å². The largest absolute Gasteiger partial charge is 0.100 e. The molecular formula is C46H84. The number of hydrogen-bond acceptors (Lipinski definition) is 0. The fraction of sp³-hybridized carbons (Fsp3) is 0.783. The maximum atomic E-state index is 4.72. The Morgan fingerprint density at radius 2 is 1.11 bits per heavy atom. The highest BCUT2D eigenvalue weighted by atomic mass is 14.3. The van der Waals surface area contributed by atoms with E-state index < -0.39 is 0 Å². The lowest BCUT2D eigenvalue weighted by molar-refractivity contribution is 0.180. The van der Waals surface area contributed by atoms with Crippen LogP contribution >= 0.6 is 0 Å². The van der Waals surface area contributed by atoms with Crippen molar-refractivity contribution in [3.8, 4) is 0 Å². The summed E-state index contributed by atoms with van der Waals surface area (Å²) in [5.41, 5.74) is 6.69. The van der Waals surface area contributed by atoms with E-state index >= 15 is 0 Å². The third-order valence-electron chi connectivity index (χ3n) is 11.0. The van der Waals surface area contributed by atoms with Crippen molar-refractivity contribution in [2.45, 2.75) is 185 Å². The molecule has 46 heavy (non-hydrogen) atoms. The first-order valence-corrected chi connectivity index (χ1v) is 19.9. The first-order chi connectivity index (χ1) is 21.6. The van der Waals surface area contributed by atoms with Crippen LogP contribution in [0.2, 0.25) is 0 Å². The fourth-order valence-electron chi connectivity index (χ4n) is 8.08. The van der Waals surface area contributed by atoms with Gasteiger partial charge in [0.05, 0.1) is 0 Å². The quantitative estimate of drug-likeness (QED) is 0.0543. The van der Waals surface area contributed by atoms with Crippen LogP contribution in [-0.2, 0) is 0 Å². The third-order valence-corrected chi connectivity index (χ3v) is 11.0. The molecule has 8 atom stereocenters. The molecular weight excluding hydrogens is 553 g/mol. The average molecular weight is 637 g/mol. The number of hydrogen-bond donors (Lipinski definition) is 0. The first-order valence-electron chi connectivity index (χ1n) is 19.9. The van der Waals surface area contributed by atoms with Gasteiger partial charge in [-0.3, -0.25) is 0 Å². The molecule has 0 spiro atoms. The van der Waals surface area contributed by atoms with Gasteiger partial charge in [-0.1, -0.05) is 147 Å². The highest BCUT2D eigenvalue weighted by molar-refractivity contribution is 5.11. The summed E-state index contributed by atoms with van der Waals surface area (Å²) in [6.07, 6.45) is 22.7. The van der Waals surface area contributed by atoms with E-state index in [1.165, 1.54) is 111 Å². The Morgan fingerprint density at radius 1 is 0.522 bits per heavy atom. The minimum absolute atomic E-state index is 0.463. The molecule has 0 nitrogen and oxygen atoms in total. The van der Waals surface area contributed by atoms with Crippen molar-refractivity contribution >= 4 is 0 Å². The maximum absolute atomic E-state index is 4.72. The van der Waals surface area contributed by atoms with Gasteiger partial charge in [0.1, 0.15) is 0 Å². The number of rotatable bonds is 30. The summed E-state index contributed by atoms with van der Waals surface area (Å²) in [4.78, 5) is 0. The molecule has 0 aliphatic rings. The van der Waals surface area contributed by atoms with E-state index in [0.29, 0.717) is 23.7 Å². The van der Waals surface area contributed by atoms with E-state index in [0.717, 1.165) is 55.8 Å². The summed E-state index contributed by atoms with van der Waals surface area (Å²) < 4.78 is 0. The average Bonchev–Trinajstić information content (AvgIpc) is 2.95. The van der Waals surface area contributed by atoms with E-state index in [1.807, 2.05) is 0 Å². The monoisotopic (exact) mass is 637 g/mol. The topological polar surface area (TPSA) is 0 Å². The Labute approximate surface area is 292 Å². The fourth-order valence-corrected chi connectivity index (χ4v) is 8.08. The highest BCUT2D eigenvalue weighted by Gasteiger charge is 2.30. The van der Waals surface area contributed by atoms with Crippen molar-refractivity contribution in [1.29, 1.82) is 0 Å². The van der Waals surface area contributed by atoms with Crippen molar-refractivity contribution in [3.63, 3.8) is 0 Å². The molecule has 0 aliphatic heterocycles. The van der Waals surface area contributed by atoms with E-state index in [9.17, 15) is 0 Å². The number of unbranched alkanes of at least 4 members (excludes halogenated alkanes) is 2. The lowest BCUT2D eigenvalue weighted by Gasteiger charge is -2.36. The predicted molar refractivity (Wildman–Crippen MR) is 213 cm³/mol. The van der Waals surface area contributed by atoms with Gasteiger partial charge in [0.25, 0.3) is 0 Å². The Bertz CT molecular complexity index is 868. The molecule has 0 fully saturated rings. The van der Waals surface area contributed by atoms with Gasteiger partial charge >= 0.3 is 0 Å². The van der Waals surface area contributed by atoms with Crippen LogP contribution in [0, 0.1) is 47.3 Å². The molecule has 0 heterocycles. The smallest absolute Gasteiger partial charge is 0.0135 e. The predicted octanol–water partition coefficient (Wildman–Crippen LogP) is 15.9. The maximum Gasteiger partial charge on any atom is -0.0135 e. The van der Waals surface area contributed by atoms with Crippen LogP contribution in [0.5, 0.6) is 0 Å². The van der Waals surface area contributed by atoms with Gasteiger partial charge in [-0.25, -0.2) is 0 Å². The standard InChI is InChI=1S/C46H84/c1-16-18-26-43(15)46(33-42(14)31-44(36(7)8)27-35(5)6)45(30-40(12)25-21-22-34(3)4)32-41(13)29-39(11)24-20-19-23-38(10)28-37(9)17-2/h37-39,41,43-46H,3,5,7,12,14,16-33H2,1-2,4,6,8-11,13,15H3/t37?,38-,39-,41?,43?,44-,45?,46-/m1/s1. The summed E-state index contributed by atoms with van der Waals surface area (Å²) in [7, 11) is 0. The molecule has 0 aromatic heterocycles. The summed E-state index contributed by atoms with van der Waals surface area (Å²) in [6.45, 7) is 45.8. The molecule has 0 aliphatic carbocycles. The van der Waals surface area contributed by atoms with Crippen molar-refractivity contribution in [3.05, 3.63) is 60.8 Å². The second kappa shape index (κ2) is 25.7. The Morgan fingerprint density at radius 3 is 1.61 bits per heavy atom. The van der Waals surface area contributed by atoms with Crippen LogP contribution in [-0.4, -0.2) is 0 Å². The molecule has 0 aromatic rings. The normalized spacial score (nSPS) is 16.9. The molecule has 0 saturated carbocycles. The minimum Gasteiger partial charge on any atom is -0.100 e. The van der Waals surface area contributed by atoms with E-state index in [4.69, 9.17) is 6.58 Å². The van der Waals surface area contributed by atoms with Gasteiger partial charge in [0, 0.05) is 0 Å². The zero-order valence-electron chi connectivity index (χ0n) is 33.4. The Balaban J connectivity index is 5.70. The van der Waals surface area contributed by atoms with Crippen LogP contribution in [0.4, 0.5) is 0 Å². The summed E-state index contributed by atoms with van der Waals surface area (Å²) in [6, 6.07) is 0. The van der Waals surface area contributed by atoms with Crippen molar-refractivity contribution in [2.24, 2.45) is 47.3 Å².